The second kappa shape index (κ2) is 6.75. The normalized spacial score (nSPS) is 15.7. The van der Waals surface area contributed by atoms with Crippen molar-refractivity contribution < 1.29 is 14.3 Å². The van der Waals surface area contributed by atoms with E-state index < -0.39 is 0 Å². The van der Waals surface area contributed by atoms with Crippen LogP contribution < -0.4 is 5.73 Å². The Balaban J connectivity index is 1.58. The van der Waals surface area contributed by atoms with Crippen LogP contribution in [0.5, 0.6) is 0 Å². The number of furan rings is 1. The molecule has 9 heteroatoms. The minimum atomic E-state index is -0.163. The first-order valence-electron chi connectivity index (χ1n) is 8.63. The van der Waals surface area contributed by atoms with Crippen molar-refractivity contribution in [2.75, 3.05) is 25.4 Å². The SMILES string of the molecule is Nc1nc(C(=O)N2CCC(CCO)CC2)cc2nc(-c3ccco3)nn12. The molecule has 0 bridgehead atoms. The summed E-state index contributed by atoms with van der Waals surface area (Å²) >= 11 is 0. The Hall–Kier alpha value is -2.94. The Bertz CT molecular complexity index is 912. The fourth-order valence-electron chi connectivity index (χ4n) is 3.30. The molecule has 1 saturated heterocycles. The van der Waals surface area contributed by atoms with Gasteiger partial charge in [0.15, 0.2) is 11.4 Å². The van der Waals surface area contributed by atoms with Crippen molar-refractivity contribution >= 4 is 17.5 Å². The van der Waals surface area contributed by atoms with Crippen molar-refractivity contribution in [1.29, 1.82) is 0 Å². The van der Waals surface area contributed by atoms with E-state index in [1.807, 2.05) is 0 Å². The molecule has 4 heterocycles. The maximum atomic E-state index is 12.8. The number of nitrogens with zero attached hydrogens (tertiary/aromatic N) is 5. The third-order valence-corrected chi connectivity index (χ3v) is 4.75. The van der Waals surface area contributed by atoms with Gasteiger partial charge in [-0.1, -0.05) is 0 Å². The molecule has 0 atom stereocenters. The van der Waals surface area contributed by atoms with Crippen molar-refractivity contribution in [2.24, 2.45) is 5.92 Å². The number of rotatable bonds is 4. The number of piperidine rings is 1. The number of aromatic nitrogens is 4. The Morgan fingerprint density at radius 1 is 1.35 bits per heavy atom. The third kappa shape index (κ3) is 3.01. The number of hydrogen-bond acceptors (Lipinski definition) is 7. The first-order valence-corrected chi connectivity index (χ1v) is 8.63. The van der Waals surface area contributed by atoms with Gasteiger partial charge in [0.05, 0.1) is 6.26 Å². The van der Waals surface area contributed by atoms with Crippen molar-refractivity contribution in [3.63, 3.8) is 0 Å². The summed E-state index contributed by atoms with van der Waals surface area (Å²) in [4.78, 5) is 23.1. The van der Waals surface area contributed by atoms with Crippen molar-refractivity contribution in [3.8, 4) is 11.6 Å². The fourth-order valence-corrected chi connectivity index (χ4v) is 3.30. The number of carbonyl (C=O) groups excluding carboxylic acids is 1. The Kier molecular flexibility index (Phi) is 4.29. The summed E-state index contributed by atoms with van der Waals surface area (Å²) in [5.41, 5.74) is 6.68. The minimum Gasteiger partial charge on any atom is -0.461 e. The molecule has 1 aliphatic rings. The van der Waals surface area contributed by atoms with Crippen LogP contribution in [0.4, 0.5) is 5.95 Å². The quantitative estimate of drug-likeness (QED) is 0.720. The van der Waals surface area contributed by atoms with Crippen molar-refractivity contribution in [2.45, 2.75) is 19.3 Å². The van der Waals surface area contributed by atoms with Gasteiger partial charge in [0, 0.05) is 25.8 Å². The van der Waals surface area contributed by atoms with E-state index in [0.717, 1.165) is 19.3 Å². The van der Waals surface area contributed by atoms with Gasteiger partial charge in [-0.15, -0.1) is 5.10 Å². The number of aliphatic hydroxyl groups excluding tert-OH is 1. The topological polar surface area (TPSA) is 123 Å². The third-order valence-electron chi connectivity index (χ3n) is 4.75. The largest absolute Gasteiger partial charge is 0.461 e. The molecule has 3 aromatic rings. The molecule has 9 nitrogen and oxygen atoms in total. The van der Waals surface area contributed by atoms with Crippen LogP contribution in [-0.2, 0) is 0 Å². The molecule has 0 unspecified atom stereocenters. The summed E-state index contributed by atoms with van der Waals surface area (Å²) in [6.07, 6.45) is 4.10. The van der Waals surface area contributed by atoms with Crippen molar-refractivity contribution in [3.05, 3.63) is 30.2 Å². The van der Waals surface area contributed by atoms with Crippen LogP contribution in [0.15, 0.2) is 28.9 Å². The summed E-state index contributed by atoms with van der Waals surface area (Å²) in [5.74, 6) is 1.32. The minimum absolute atomic E-state index is 0.103. The number of anilines is 1. The number of hydrogen-bond donors (Lipinski definition) is 2. The van der Waals surface area contributed by atoms with E-state index in [4.69, 9.17) is 15.3 Å². The molecular formula is C17H20N6O3. The van der Waals surface area contributed by atoms with Gasteiger partial charge in [-0.25, -0.2) is 9.97 Å². The highest BCUT2D eigenvalue weighted by Crippen LogP contribution is 2.22. The zero-order valence-corrected chi connectivity index (χ0v) is 14.2. The van der Waals surface area contributed by atoms with Crippen LogP contribution in [-0.4, -0.2) is 55.2 Å². The van der Waals surface area contributed by atoms with Gasteiger partial charge in [-0.05, 0) is 37.3 Å². The van der Waals surface area contributed by atoms with Crippen molar-refractivity contribution in [1.82, 2.24) is 24.5 Å². The van der Waals surface area contributed by atoms with Crippen LogP contribution in [0, 0.1) is 5.92 Å². The second-order valence-electron chi connectivity index (χ2n) is 6.43. The molecule has 0 aromatic carbocycles. The molecule has 3 aromatic heterocycles. The van der Waals surface area contributed by atoms with Crippen LogP contribution in [0.1, 0.15) is 29.8 Å². The maximum Gasteiger partial charge on any atom is 0.272 e. The van der Waals surface area contributed by atoms with Gasteiger partial charge >= 0.3 is 0 Å². The molecule has 1 amide bonds. The van der Waals surface area contributed by atoms with Crippen LogP contribution in [0.3, 0.4) is 0 Å². The van der Waals surface area contributed by atoms with Crippen LogP contribution in [0.2, 0.25) is 0 Å². The van der Waals surface area contributed by atoms with Crippen LogP contribution >= 0.6 is 0 Å². The molecule has 4 rings (SSSR count). The maximum absolute atomic E-state index is 12.8. The molecule has 1 fully saturated rings. The lowest BCUT2D eigenvalue weighted by Gasteiger charge is -2.31. The van der Waals surface area contributed by atoms with Gasteiger partial charge in [0.1, 0.15) is 5.69 Å². The number of aliphatic hydroxyl groups is 1. The molecule has 0 aliphatic carbocycles. The molecule has 26 heavy (non-hydrogen) atoms. The average Bonchev–Trinajstić information content (AvgIpc) is 3.31. The standard InChI is InChI=1S/C17H20N6O3/c18-17-19-12(16(25)22-6-3-11(4-7-22)5-8-24)10-14-20-15(21-23(14)17)13-2-1-9-26-13/h1-2,9-11,24H,3-8H2,(H2,18,19). The van der Waals surface area contributed by atoms with Gasteiger partial charge < -0.3 is 20.2 Å². The lowest BCUT2D eigenvalue weighted by molar-refractivity contribution is 0.0672. The summed E-state index contributed by atoms with van der Waals surface area (Å²) in [7, 11) is 0. The lowest BCUT2D eigenvalue weighted by Crippen LogP contribution is -2.39. The first kappa shape index (κ1) is 16.5. The summed E-state index contributed by atoms with van der Waals surface area (Å²) in [5, 5.41) is 13.3. The fraction of sp³-hybridized carbons (Fsp3) is 0.412. The van der Waals surface area contributed by atoms with E-state index in [-0.39, 0.29) is 24.2 Å². The van der Waals surface area contributed by atoms with E-state index in [0.29, 0.717) is 36.2 Å². The number of likely N-dealkylation sites (tertiary alicyclic amines) is 1. The summed E-state index contributed by atoms with van der Waals surface area (Å²) < 4.78 is 6.69. The zero-order chi connectivity index (χ0) is 18.1. The molecule has 0 saturated carbocycles. The molecule has 136 valence electrons. The summed E-state index contributed by atoms with van der Waals surface area (Å²) in [6.45, 7) is 1.50. The predicted molar refractivity (Wildman–Crippen MR) is 93.2 cm³/mol. The molecular weight excluding hydrogens is 336 g/mol. The zero-order valence-electron chi connectivity index (χ0n) is 14.2. The van der Waals surface area contributed by atoms with Gasteiger partial charge in [-0.2, -0.15) is 4.52 Å². The smallest absolute Gasteiger partial charge is 0.272 e. The Morgan fingerprint density at radius 2 is 2.15 bits per heavy atom. The van der Waals surface area contributed by atoms with E-state index >= 15 is 0 Å². The highest BCUT2D eigenvalue weighted by molar-refractivity contribution is 5.93. The second-order valence-corrected chi connectivity index (χ2v) is 6.43. The molecule has 0 spiro atoms. The highest BCUT2D eigenvalue weighted by Gasteiger charge is 2.25. The van der Waals surface area contributed by atoms with E-state index in [1.54, 1.807) is 23.1 Å². The predicted octanol–water partition coefficient (Wildman–Crippen LogP) is 1.20. The van der Waals surface area contributed by atoms with E-state index in [1.165, 1.54) is 10.8 Å². The van der Waals surface area contributed by atoms with E-state index in [9.17, 15) is 4.79 Å². The molecule has 1 aliphatic heterocycles. The average molecular weight is 356 g/mol. The number of fused-ring (bicyclic) bond motifs is 1. The van der Waals surface area contributed by atoms with Gasteiger partial charge in [0.25, 0.3) is 5.91 Å². The van der Waals surface area contributed by atoms with Gasteiger partial charge in [0.2, 0.25) is 11.8 Å². The number of nitrogen functional groups attached to an aromatic ring is 1. The Labute approximate surface area is 149 Å². The molecule has 3 N–H and O–H groups in total. The van der Waals surface area contributed by atoms with Crippen LogP contribution in [0.25, 0.3) is 17.2 Å². The van der Waals surface area contributed by atoms with E-state index in [2.05, 4.69) is 15.1 Å². The highest BCUT2D eigenvalue weighted by atomic mass is 16.3. The first-order chi connectivity index (χ1) is 12.7. The number of amides is 1. The monoisotopic (exact) mass is 356 g/mol. The Morgan fingerprint density at radius 3 is 2.85 bits per heavy atom. The summed E-state index contributed by atoms with van der Waals surface area (Å²) in [6, 6.07) is 5.09. The molecule has 0 radical (unpaired) electrons. The number of nitrogens with two attached hydrogens (primary N) is 1. The van der Waals surface area contributed by atoms with Gasteiger partial charge in [-0.3, -0.25) is 4.79 Å². The number of carbonyl (C=O) groups is 1. The lowest BCUT2D eigenvalue weighted by atomic mass is 9.94.